The Bertz CT molecular complexity index is 440. The van der Waals surface area contributed by atoms with Gasteiger partial charge in [0.1, 0.15) is 0 Å². The molecule has 2 rings (SSSR count). The first-order chi connectivity index (χ1) is 8.50. The molecule has 0 aliphatic heterocycles. The Balaban J connectivity index is 1.99. The first-order valence-corrected chi connectivity index (χ1v) is 6.60. The minimum atomic E-state index is 0.0213. The molecule has 0 heterocycles. The summed E-state index contributed by atoms with van der Waals surface area (Å²) < 4.78 is 0. The Morgan fingerprint density at radius 2 is 2.28 bits per heavy atom. The van der Waals surface area contributed by atoms with Gasteiger partial charge in [0.15, 0.2) is 0 Å². The first kappa shape index (κ1) is 13.1. The monoisotopic (exact) mass is 246 g/mol. The highest BCUT2D eigenvalue weighted by molar-refractivity contribution is 5.94. The van der Waals surface area contributed by atoms with E-state index in [4.69, 9.17) is 5.73 Å². The SMILES string of the molecule is CC1(C)CCC(NC(=O)c2cccc(CN)c2)C1. The molecule has 0 saturated heterocycles. The molecule has 1 aliphatic rings. The highest BCUT2D eigenvalue weighted by Crippen LogP contribution is 2.36. The second kappa shape index (κ2) is 5.11. The average Bonchev–Trinajstić information content (AvgIpc) is 2.68. The summed E-state index contributed by atoms with van der Waals surface area (Å²) in [6.07, 6.45) is 3.32. The number of nitrogens with one attached hydrogen (secondary N) is 1. The van der Waals surface area contributed by atoms with Crippen LogP contribution >= 0.6 is 0 Å². The van der Waals surface area contributed by atoms with Crippen LogP contribution < -0.4 is 11.1 Å². The quantitative estimate of drug-likeness (QED) is 0.860. The standard InChI is InChI=1S/C15H22N2O/c1-15(2)7-6-13(9-15)17-14(18)12-5-3-4-11(8-12)10-16/h3-5,8,13H,6-7,9-10,16H2,1-2H3,(H,17,18). The van der Waals surface area contributed by atoms with E-state index in [0.717, 1.165) is 18.4 Å². The van der Waals surface area contributed by atoms with Crippen molar-refractivity contribution in [1.82, 2.24) is 5.32 Å². The van der Waals surface area contributed by atoms with Crippen molar-refractivity contribution in [2.24, 2.45) is 11.1 Å². The van der Waals surface area contributed by atoms with Crippen LogP contribution in [-0.2, 0) is 6.54 Å². The number of nitrogens with two attached hydrogens (primary N) is 1. The lowest BCUT2D eigenvalue weighted by Gasteiger charge is -2.18. The molecule has 1 unspecified atom stereocenters. The van der Waals surface area contributed by atoms with E-state index in [1.807, 2.05) is 24.3 Å². The molecule has 1 amide bonds. The molecule has 1 saturated carbocycles. The van der Waals surface area contributed by atoms with Crippen molar-refractivity contribution in [1.29, 1.82) is 0 Å². The Hall–Kier alpha value is -1.35. The van der Waals surface area contributed by atoms with Gasteiger partial charge in [0.25, 0.3) is 5.91 Å². The summed E-state index contributed by atoms with van der Waals surface area (Å²) in [5.74, 6) is 0.0213. The van der Waals surface area contributed by atoms with Gasteiger partial charge in [-0.25, -0.2) is 0 Å². The topological polar surface area (TPSA) is 55.1 Å². The molecular weight excluding hydrogens is 224 g/mol. The molecule has 1 aromatic rings. The average molecular weight is 246 g/mol. The third-order valence-electron chi connectivity index (χ3n) is 3.73. The van der Waals surface area contributed by atoms with Gasteiger partial charge in [0.05, 0.1) is 0 Å². The number of carbonyl (C=O) groups is 1. The minimum absolute atomic E-state index is 0.0213. The molecule has 1 atom stereocenters. The molecule has 3 heteroatoms. The van der Waals surface area contributed by atoms with E-state index in [1.54, 1.807) is 0 Å². The van der Waals surface area contributed by atoms with Crippen molar-refractivity contribution in [3.8, 4) is 0 Å². The van der Waals surface area contributed by atoms with E-state index in [0.29, 0.717) is 23.6 Å². The number of amides is 1. The fourth-order valence-corrected chi connectivity index (χ4v) is 2.67. The minimum Gasteiger partial charge on any atom is -0.349 e. The summed E-state index contributed by atoms with van der Waals surface area (Å²) in [6, 6.07) is 7.85. The molecule has 3 nitrogen and oxygen atoms in total. The van der Waals surface area contributed by atoms with E-state index in [1.165, 1.54) is 6.42 Å². The van der Waals surface area contributed by atoms with Crippen LogP contribution in [0.1, 0.15) is 49.0 Å². The van der Waals surface area contributed by atoms with Gasteiger partial charge < -0.3 is 11.1 Å². The Morgan fingerprint density at radius 3 is 2.89 bits per heavy atom. The second-order valence-corrected chi connectivity index (χ2v) is 5.98. The Morgan fingerprint density at radius 1 is 1.50 bits per heavy atom. The molecule has 1 aliphatic carbocycles. The van der Waals surface area contributed by atoms with Crippen molar-refractivity contribution in [2.75, 3.05) is 0 Å². The van der Waals surface area contributed by atoms with E-state index in [-0.39, 0.29) is 5.91 Å². The number of hydrogen-bond acceptors (Lipinski definition) is 2. The van der Waals surface area contributed by atoms with Gasteiger partial charge in [0, 0.05) is 18.2 Å². The zero-order valence-corrected chi connectivity index (χ0v) is 11.2. The fourth-order valence-electron chi connectivity index (χ4n) is 2.67. The van der Waals surface area contributed by atoms with Gasteiger partial charge in [-0.1, -0.05) is 26.0 Å². The van der Waals surface area contributed by atoms with E-state index >= 15 is 0 Å². The normalized spacial score (nSPS) is 21.8. The molecule has 0 bridgehead atoms. The van der Waals surface area contributed by atoms with Gasteiger partial charge in [-0.05, 0) is 42.4 Å². The van der Waals surface area contributed by atoms with Gasteiger partial charge in [-0.2, -0.15) is 0 Å². The van der Waals surface area contributed by atoms with Crippen molar-refractivity contribution < 1.29 is 4.79 Å². The largest absolute Gasteiger partial charge is 0.349 e. The third kappa shape index (κ3) is 3.10. The van der Waals surface area contributed by atoms with Crippen LogP contribution in [0.2, 0.25) is 0 Å². The lowest BCUT2D eigenvalue weighted by atomic mass is 9.92. The summed E-state index contributed by atoms with van der Waals surface area (Å²) in [5.41, 5.74) is 7.65. The summed E-state index contributed by atoms with van der Waals surface area (Å²) in [5, 5.41) is 3.12. The third-order valence-corrected chi connectivity index (χ3v) is 3.73. The van der Waals surface area contributed by atoms with E-state index in [9.17, 15) is 4.79 Å². The molecule has 98 valence electrons. The van der Waals surface area contributed by atoms with Gasteiger partial charge >= 0.3 is 0 Å². The van der Waals surface area contributed by atoms with Crippen LogP contribution in [0, 0.1) is 5.41 Å². The molecule has 1 aromatic carbocycles. The number of carbonyl (C=O) groups excluding carboxylic acids is 1. The first-order valence-electron chi connectivity index (χ1n) is 6.60. The lowest BCUT2D eigenvalue weighted by Crippen LogP contribution is -2.33. The molecule has 18 heavy (non-hydrogen) atoms. The maximum absolute atomic E-state index is 12.1. The molecule has 1 fully saturated rings. The molecule has 0 radical (unpaired) electrons. The molecular formula is C15H22N2O. The zero-order valence-electron chi connectivity index (χ0n) is 11.2. The summed E-state index contributed by atoms with van der Waals surface area (Å²) in [6.45, 7) is 4.99. The van der Waals surface area contributed by atoms with Crippen LogP contribution in [0.3, 0.4) is 0 Å². The highest BCUT2D eigenvalue weighted by Gasteiger charge is 2.31. The summed E-state index contributed by atoms with van der Waals surface area (Å²) in [7, 11) is 0. The Labute approximate surface area is 109 Å². The van der Waals surface area contributed by atoms with Gasteiger partial charge in [-0.15, -0.1) is 0 Å². The van der Waals surface area contributed by atoms with Crippen LogP contribution in [0.25, 0.3) is 0 Å². The second-order valence-electron chi connectivity index (χ2n) is 5.98. The molecule has 0 aromatic heterocycles. The van der Waals surface area contributed by atoms with Crippen LogP contribution in [0.4, 0.5) is 0 Å². The van der Waals surface area contributed by atoms with Crippen molar-refractivity contribution in [3.63, 3.8) is 0 Å². The maximum Gasteiger partial charge on any atom is 0.251 e. The number of rotatable bonds is 3. The molecule has 0 spiro atoms. The lowest BCUT2D eigenvalue weighted by molar-refractivity contribution is 0.0936. The molecule has 3 N–H and O–H groups in total. The maximum atomic E-state index is 12.1. The predicted molar refractivity (Wildman–Crippen MR) is 73.2 cm³/mol. The van der Waals surface area contributed by atoms with E-state index < -0.39 is 0 Å². The van der Waals surface area contributed by atoms with Crippen LogP contribution in [-0.4, -0.2) is 11.9 Å². The van der Waals surface area contributed by atoms with Gasteiger partial charge in [-0.3, -0.25) is 4.79 Å². The van der Waals surface area contributed by atoms with Crippen molar-refractivity contribution >= 4 is 5.91 Å². The van der Waals surface area contributed by atoms with Gasteiger partial charge in [0.2, 0.25) is 0 Å². The predicted octanol–water partition coefficient (Wildman–Crippen LogP) is 2.45. The number of benzene rings is 1. The summed E-state index contributed by atoms with van der Waals surface area (Å²) in [4.78, 5) is 12.1. The van der Waals surface area contributed by atoms with Crippen LogP contribution in [0.5, 0.6) is 0 Å². The number of hydrogen-bond donors (Lipinski definition) is 2. The Kier molecular flexibility index (Phi) is 3.71. The summed E-state index contributed by atoms with van der Waals surface area (Å²) >= 11 is 0. The smallest absolute Gasteiger partial charge is 0.251 e. The van der Waals surface area contributed by atoms with Crippen molar-refractivity contribution in [2.45, 2.75) is 45.7 Å². The fraction of sp³-hybridized carbons (Fsp3) is 0.533. The van der Waals surface area contributed by atoms with E-state index in [2.05, 4.69) is 19.2 Å². The highest BCUT2D eigenvalue weighted by atomic mass is 16.1. The zero-order chi connectivity index (χ0) is 13.2. The van der Waals surface area contributed by atoms with Crippen LogP contribution in [0.15, 0.2) is 24.3 Å². The van der Waals surface area contributed by atoms with Crippen molar-refractivity contribution in [3.05, 3.63) is 35.4 Å².